The fourth-order valence-corrected chi connectivity index (χ4v) is 3.46. The van der Waals surface area contributed by atoms with Crippen molar-refractivity contribution in [2.45, 2.75) is 31.3 Å². The minimum atomic E-state index is -0.106. The van der Waals surface area contributed by atoms with Crippen LogP contribution in [0.3, 0.4) is 0 Å². The van der Waals surface area contributed by atoms with Crippen LogP contribution in [0.2, 0.25) is 0 Å². The molecule has 2 aliphatic rings. The molecule has 1 aliphatic carbocycles. The van der Waals surface area contributed by atoms with E-state index in [1.807, 2.05) is 36.5 Å². The van der Waals surface area contributed by atoms with Crippen molar-refractivity contribution in [1.29, 1.82) is 0 Å². The van der Waals surface area contributed by atoms with Crippen LogP contribution in [-0.4, -0.2) is 23.3 Å². The standard InChI is InChI=1S/C19H19N3O/c23-19(21-17-12-15-8-4-5-9-16(15)13-17)22-18(10-11-20-22)14-6-2-1-3-7-14/h1-9,11,17-18H,10,12-13H2,(H,21,23). The molecular formula is C19H19N3O. The van der Waals surface area contributed by atoms with E-state index in [0.29, 0.717) is 0 Å². The average Bonchev–Trinajstić information content (AvgIpc) is 3.22. The van der Waals surface area contributed by atoms with Crippen molar-refractivity contribution >= 4 is 12.2 Å². The summed E-state index contributed by atoms with van der Waals surface area (Å²) in [6.45, 7) is 0. The van der Waals surface area contributed by atoms with Gasteiger partial charge in [0.2, 0.25) is 0 Å². The third-order valence-electron chi connectivity index (χ3n) is 4.60. The molecule has 4 heteroatoms. The second kappa shape index (κ2) is 5.88. The van der Waals surface area contributed by atoms with Crippen molar-refractivity contribution < 1.29 is 4.79 Å². The number of benzene rings is 2. The summed E-state index contributed by atoms with van der Waals surface area (Å²) in [6, 6.07) is 18.5. The summed E-state index contributed by atoms with van der Waals surface area (Å²) in [4.78, 5) is 12.6. The predicted octanol–water partition coefficient (Wildman–Crippen LogP) is 3.30. The van der Waals surface area contributed by atoms with Gasteiger partial charge in [-0.2, -0.15) is 5.10 Å². The first-order valence-corrected chi connectivity index (χ1v) is 8.05. The molecule has 0 saturated carbocycles. The number of amides is 2. The zero-order valence-corrected chi connectivity index (χ0v) is 12.9. The smallest absolute Gasteiger partial charge is 0.333 e. The van der Waals surface area contributed by atoms with Gasteiger partial charge >= 0.3 is 6.03 Å². The Morgan fingerprint density at radius 1 is 1.00 bits per heavy atom. The lowest BCUT2D eigenvalue weighted by molar-refractivity contribution is 0.182. The van der Waals surface area contributed by atoms with E-state index in [1.54, 1.807) is 5.01 Å². The van der Waals surface area contributed by atoms with Crippen LogP contribution in [-0.2, 0) is 12.8 Å². The summed E-state index contributed by atoms with van der Waals surface area (Å²) in [7, 11) is 0. The molecule has 2 amide bonds. The van der Waals surface area contributed by atoms with Gasteiger partial charge in [0.15, 0.2) is 0 Å². The van der Waals surface area contributed by atoms with Crippen LogP contribution in [0.25, 0.3) is 0 Å². The molecule has 116 valence electrons. The maximum absolute atomic E-state index is 12.6. The summed E-state index contributed by atoms with van der Waals surface area (Å²) in [5, 5.41) is 9.00. The maximum atomic E-state index is 12.6. The van der Waals surface area contributed by atoms with Gasteiger partial charge in [0.1, 0.15) is 0 Å². The zero-order chi connectivity index (χ0) is 15.6. The molecule has 1 N–H and O–H groups in total. The lowest BCUT2D eigenvalue weighted by Gasteiger charge is -2.24. The van der Waals surface area contributed by atoms with Crippen molar-refractivity contribution in [1.82, 2.24) is 10.3 Å². The molecule has 23 heavy (non-hydrogen) atoms. The van der Waals surface area contributed by atoms with Crippen LogP contribution in [0.1, 0.15) is 29.2 Å². The Morgan fingerprint density at radius 2 is 1.65 bits per heavy atom. The predicted molar refractivity (Wildman–Crippen MR) is 90.3 cm³/mol. The number of carbonyl (C=O) groups is 1. The van der Waals surface area contributed by atoms with Crippen LogP contribution in [0.4, 0.5) is 4.79 Å². The Labute approximate surface area is 135 Å². The molecule has 0 fully saturated rings. The number of hydrogen-bond acceptors (Lipinski definition) is 2. The Morgan fingerprint density at radius 3 is 2.35 bits per heavy atom. The number of nitrogens with zero attached hydrogens (tertiary/aromatic N) is 2. The highest BCUT2D eigenvalue weighted by molar-refractivity contribution is 5.78. The van der Waals surface area contributed by atoms with E-state index in [-0.39, 0.29) is 18.1 Å². The number of nitrogens with one attached hydrogen (secondary N) is 1. The van der Waals surface area contributed by atoms with Crippen molar-refractivity contribution in [2.24, 2.45) is 5.10 Å². The summed E-state index contributed by atoms with van der Waals surface area (Å²) in [6.07, 6.45) is 4.38. The van der Waals surface area contributed by atoms with E-state index in [2.05, 4.69) is 34.7 Å². The van der Waals surface area contributed by atoms with Crippen molar-refractivity contribution in [3.8, 4) is 0 Å². The molecule has 1 atom stereocenters. The summed E-state index contributed by atoms with van der Waals surface area (Å²) >= 11 is 0. The highest BCUT2D eigenvalue weighted by Gasteiger charge is 2.30. The molecule has 4 nitrogen and oxygen atoms in total. The molecule has 1 heterocycles. The summed E-state index contributed by atoms with van der Waals surface area (Å²) < 4.78 is 0. The van der Waals surface area contributed by atoms with E-state index in [4.69, 9.17) is 0 Å². The monoisotopic (exact) mass is 305 g/mol. The maximum Gasteiger partial charge on any atom is 0.338 e. The van der Waals surface area contributed by atoms with Gasteiger partial charge in [-0.3, -0.25) is 0 Å². The van der Waals surface area contributed by atoms with Gasteiger partial charge in [0.25, 0.3) is 0 Å². The van der Waals surface area contributed by atoms with Gasteiger partial charge in [0, 0.05) is 18.7 Å². The van der Waals surface area contributed by atoms with E-state index in [1.165, 1.54) is 11.1 Å². The van der Waals surface area contributed by atoms with Crippen molar-refractivity contribution in [3.05, 3.63) is 71.3 Å². The van der Waals surface area contributed by atoms with Crippen LogP contribution in [0.15, 0.2) is 59.7 Å². The Hall–Kier alpha value is -2.62. The molecule has 0 aromatic heterocycles. The van der Waals surface area contributed by atoms with Crippen LogP contribution >= 0.6 is 0 Å². The number of urea groups is 1. The topological polar surface area (TPSA) is 44.7 Å². The Balaban J connectivity index is 1.44. The molecule has 0 spiro atoms. The Bertz CT molecular complexity index is 716. The molecular weight excluding hydrogens is 286 g/mol. The second-order valence-corrected chi connectivity index (χ2v) is 6.13. The van der Waals surface area contributed by atoms with E-state index in [0.717, 1.165) is 24.8 Å². The number of carbonyl (C=O) groups excluding carboxylic acids is 1. The molecule has 2 aromatic rings. The van der Waals surface area contributed by atoms with Gasteiger partial charge in [-0.15, -0.1) is 0 Å². The highest BCUT2D eigenvalue weighted by atomic mass is 16.2. The number of fused-ring (bicyclic) bond motifs is 1. The van der Waals surface area contributed by atoms with Gasteiger partial charge in [-0.1, -0.05) is 54.6 Å². The van der Waals surface area contributed by atoms with Crippen LogP contribution < -0.4 is 5.32 Å². The van der Waals surface area contributed by atoms with Gasteiger partial charge in [0.05, 0.1) is 6.04 Å². The first-order valence-electron chi connectivity index (χ1n) is 8.05. The van der Waals surface area contributed by atoms with E-state index >= 15 is 0 Å². The SMILES string of the molecule is O=C(NC1Cc2ccccc2C1)N1N=CCC1c1ccccc1. The first-order chi connectivity index (χ1) is 11.3. The number of hydrazone groups is 1. The summed E-state index contributed by atoms with van der Waals surface area (Å²) in [5.74, 6) is 0. The van der Waals surface area contributed by atoms with Crippen molar-refractivity contribution in [3.63, 3.8) is 0 Å². The molecule has 4 rings (SSSR count). The highest BCUT2D eigenvalue weighted by Crippen LogP contribution is 2.28. The fourth-order valence-electron chi connectivity index (χ4n) is 3.46. The Kier molecular flexibility index (Phi) is 3.58. The van der Waals surface area contributed by atoms with Crippen LogP contribution in [0.5, 0.6) is 0 Å². The minimum absolute atomic E-state index is 0.0000201. The summed E-state index contributed by atoms with van der Waals surface area (Å²) in [5.41, 5.74) is 3.79. The lowest BCUT2D eigenvalue weighted by atomic mass is 10.1. The zero-order valence-electron chi connectivity index (χ0n) is 12.9. The first kappa shape index (κ1) is 14.0. The molecule has 1 unspecified atom stereocenters. The van der Waals surface area contributed by atoms with Gasteiger partial charge in [-0.25, -0.2) is 9.80 Å². The quantitative estimate of drug-likeness (QED) is 0.909. The second-order valence-electron chi connectivity index (χ2n) is 6.13. The fraction of sp³-hybridized carbons (Fsp3) is 0.263. The molecule has 0 saturated heterocycles. The van der Waals surface area contributed by atoms with Crippen LogP contribution in [0, 0.1) is 0 Å². The number of hydrogen-bond donors (Lipinski definition) is 1. The normalized spacial score (nSPS) is 19.8. The molecule has 0 bridgehead atoms. The van der Waals surface area contributed by atoms with E-state index in [9.17, 15) is 4.79 Å². The van der Waals surface area contributed by atoms with Gasteiger partial charge < -0.3 is 5.32 Å². The van der Waals surface area contributed by atoms with Gasteiger partial charge in [-0.05, 0) is 29.5 Å². The number of rotatable bonds is 2. The molecule has 2 aromatic carbocycles. The average molecular weight is 305 g/mol. The third kappa shape index (κ3) is 2.72. The minimum Gasteiger partial charge on any atom is -0.333 e. The lowest BCUT2D eigenvalue weighted by Crippen LogP contribution is -2.43. The molecule has 1 aliphatic heterocycles. The third-order valence-corrected chi connectivity index (χ3v) is 4.60. The largest absolute Gasteiger partial charge is 0.338 e. The molecule has 0 radical (unpaired) electrons. The van der Waals surface area contributed by atoms with Crippen molar-refractivity contribution in [2.75, 3.05) is 0 Å². The van der Waals surface area contributed by atoms with E-state index < -0.39 is 0 Å².